The minimum Gasteiger partial charge on any atom is -0.480 e. The summed E-state index contributed by atoms with van der Waals surface area (Å²) in [6.07, 6.45) is -4.09. The Morgan fingerprint density at radius 1 is 1.28 bits per heavy atom. The Morgan fingerprint density at radius 3 is 2.36 bits per heavy atom. The van der Waals surface area contributed by atoms with Gasteiger partial charge in [0.2, 0.25) is 0 Å². The van der Waals surface area contributed by atoms with Gasteiger partial charge in [0.05, 0.1) is 17.4 Å². The van der Waals surface area contributed by atoms with E-state index in [0.717, 1.165) is 11.1 Å². The molecule has 1 heterocycles. The van der Waals surface area contributed by atoms with Crippen LogP contribution in [0, 0.1) is 0 Å². The molecule has 0 radical (unpaired) electrons. The van der Waals surface area contributed by atoms with E-state index >= 15 is 0 Å². The smallest absolute Gasteiger partial charge is 0.434 e. The first-order valence-corrected chi connectivity index (χ1v) is 7.45. The number of hydrogen-bond donors (Lipinski definition) is 1. The predicted octanol–water partition coefficient (Wildman–Crippen LogP) is 3.09. The van der Waals surface area contributed by atoms with E-state index in [9.17, 15) is 22.8 Å². The molecule has 10 heteroatoms. The van der Waals surface area contributed by atoms with E-state index in [1.807, 2.05) is 0 Å². The van der Waals surface area contributed by atoms with E-state index in [4.69, 9.17) is 16.7 Å². The third-order valence-electron chi connectivity index (χ3n) is 3.33. The number of nitrogens with zero attached hydrogens (tertiary/aromatic N) is 3. The normalized spacial score (nSPS) is 11.4. The third-order valence-corrected chi connectivity index (χ3v) is 3.59. The molecule has 0 saturated heterocycles. The Kier molecular flexibility index (Phi) is 5.36. The molecule has 6 nitrogen and oxygen atoms in total. The van der Waals surface area contributed by atoms with Crippen LogP contribution in [0.25, 0.3) is 5.69 Å². The van der Waals surface area contributed by atoms with Crippen molar-refractivity contribution in [1.29, 1.82) is 0 Å². The lowest BCUT2D eigenvalue weighted by Crippen LogP contribution is -2.36. The minimum atomic E-state index is -4.87. The molecule has 2 rings (SSSR count). The average molecular weight is 376 g/mol. The van der Waals surface area contributed by atoms with Gasteiger partial charge >= 0.3 is 12.1 Å². The highest BCUT2D eigenvalue weighted by atomic mass is 35.5. The highest BCUT2D eigenvalue weighted by Crippen LogP contribution is 2.34. The summed E-state index contributed by atoms with van der Waals surface area (Å²) < 4.78 is 41.2. The summed E-state index contributed by atoms with van der Waals surface area (Å²) in [5.41, 5.74) is -1.92. The molecular weight excluding hydrogens is 363 g/mol. The first kappa shape index (κ1) is 18.8. The maximum absolute atomic E-state index is 13.5. The summed E-state index contributed by atoms with van der Waals surface area (Å²) in [6.45, 7) is 0.699. The molecule has 1 aromatic carbocycles. The van der Waals surface area contributed by atoms with Crippen LogP contribution in [0.1, 0.15) is 23.0 Å². The monoisotopic (exact) mass is 375 g/mol. The number of alkyl halides is 3. The highest BCUT2D eigenvalue weighted by molar-refractivity contribution is 6.30. The number of rotatable bonds is 5. The molecule has 0 aliphatic heterocycles. The maximum Gasteiger partial charge on any atom is 0.434 e. The number of benzene rings is 1. The molecule has 1 N–H and O–H groups in total. The second-order valence-electron chi connectivity index (χ2n) is 5.01. The van der Waals surface area contributed by atoms with Crippen LogP contribution in [-0.4, -0.2) is 44.8 Å². The summed E-state index contributed by atoms with van der Waals surface area (Å²) in [4.78, 5) is 24.0. The van der Waals surface area contributed by atoms with Crippen LogP contribution in [0.5, 0.6) is 0 Å². The number of carboxylic acids is 1. The van der Waals surface area contributed by atoms with E-state index < -0.39 is 35.9 Å². The molecule has 134 valence electrons. The largest absolute Gasteiger partial charge is 0.480 e. The van der Waals surface area contributed by atoms with Crippen LogP contribution >= 0.6 is 11.6 Å². The SMILES string of the molecule is CCN(CC(=O)O)C(=O)c1cnn(-c2ccc(Cl)cc2)c1C(F)(F)F. The van der Waals surface area contributed by atoms with Crippen molar-refractivity contribution >= 4 is 23.5 Å². The zero-order valence-electron chi connectivity index (χ0n) is 12.9. The molecule has 0 aliphatic carbocycles. The molecular formula is C15H13ClF3N3O3. The number of likely N-dealkylation sites (N-methyl/N-ethyl adjacent to an activating group) is 1. The second kappa shape index (κ2) is 7.14. The van der Waals surface area contributed by atoms with Crippen molar-refractivity contribution < 1.29 is 27.9 Å². The lowest BCUT2D eigenvalue weighted by Gasteiger charge is -2.19. The first-order chi connectivity index (χ1) is 11.6. The molecule has 1 aromatic heterocycles. The molecule has 0 bridgehead atoms. The fraction of sp³-hybridized carbons (Fsp3) is 0.267. The Bertz CT molecular complexity index is 788. The molecule has 0 saturated carbocycles. The summed E-state index contributed by atoms with van der Waals surface area (Å²) in [5, 5.41) is 12.8. The minimum absolute atomic E-state index is 0.0610. The third kappa shape index (κ3) is 4.11. The summed E-state index contributed by atoms with van der Waals surface area (Å²) in [5.74, 6) is -2.38. The molecule has 0 fully saturated rings. The van der Waals surface area contributed by atoms with Gasteiger partial charge < -0.3 is 10.0 Å². The van der Waals surface area contributed by atoms with Crippen LogP contribution in [0.15, 0.2) is 30.5 Å². The van der Waals surface area contributed by atoms with Crippen LogP contribution in [0.4, 0.5) is 13.2 Å². The van der Waals surface area contributed by atoms with Gasteiger partial charge in [0, 0.05) is 11.6 Å². The highest BCUT2D eigenvalue weighted by Gasteiger charge is 2.41. The topological polar surface area (TPSA) is 75.4 Å². The number of halogens is 4. The number of aliphatic carboxylic acids is 1. The van der Waals surface area contributed by atoms with Gasteiger partial charge in [-0.15, -0.1) is 0 Å². The Morgan fingerprint density at radius 2 is 1.88 bits per heavy atom. The van der Waals surface area contributed by atoms with E-state index in [0.29, 0.717) is 9.70 Å². The lowest BCUT2D eigenvalue weighted by molar-refractivity contribution is -0.143. The molecule has 0 spiro atoms. The zero-order valence-corrected chi connectivity index (χ0v) is 13.7. The van der Waals surface area contributed by atoms with E-state index in [-0.39, 0.29) is 12.2 Å². The molecule has 0 atom stereocenters. The maximum atomic E-state index is 13.5. The van der Waals surface area contributed by atoms with E-state index in [1.165, 1.54) is 31.2 Å². The molecule has 2 aromatic rings. The van der Waals surface area contributed by atoms with Crippen molar-refractivity contribution in [3.63, 3.8) is 0 Å². The fourth-order valence-corrected chi connectivity index (χ4v) is 2.34. The van der Waals surface area contributed by atoms with Crippen molar-refractivity contribution in [2.75, 3.05) is 13.1 Å². The molecule has 1 amide bonds. The lowest BCUT2D eigenvalue weighted by atomic mass is 10.2. The van der Waals surface area contributed by atoms with Gasteiger partial charge in [-0.3, -0.25) is 9.59 Å². The Labute approximate surface area is 145 Å². The van der Waals surface area contributed by atoms with Gasteiger partial charge in [-0.05, 0) is 31.2 Å². The number of carbonyl (C=O) groups excluding carboxylic acids is 1. The van der Waals surface area contributed by atoms with Crippen molar-refractivity contribution in [2.24, 2.45) is 0 Å². The van der Waals surface area contributed by atoms with Gasteiger partial charge in [0.1, 0.15) is 6.54 Å². The summed E-state index contributed by atoms with van der Waals surface area (Å²) in [6, 6.07) is 5.44. The summed E-state index contributed by atoms with van der Waals surface area (Å²) in [7, 11) is 0. The molecule has 0 aliphatic rings. The number of hydrogen-bond acceptors (Lipinski definition) is 3. The first-order valence-electron chi connectivity index (χ1n) is 7.07. The number of aromatic nitrogens is 2. The number of carbonyl (C=O) groups is 2. The summed E-state index contributed by atoms with van der Waals surface area (Å²) >= 11 is 5.73. The Balaban J connectivity index is 2.54. The van der Waals surface area contributed by atoms with Gasteiger partial charge in [-0.25, -0.2) is 4.68 Å². The van der Waals surface area contributed by atoms with Crippen molar-refractivity contribution in [2.45, 2.75) is 13.1 Å². The van der Waals surface area contributed by atoms with Gasteiger partial charge in [-0.2, -0.15) is 18.3 Å². The Hall–Kier alpha value is -2.55. The van der Waals surface area contributed by atoms with Crippen molar-refractivity contribution in [1.82, 2.24) is 14.7 Å². The van der Waals surface area contributed by atoms with Crippen LogP contribution in [0.3, 0.4) is 0 Å². The quantitative estimate of drug-likeness (QED) is 0.871. The van der Waals surface area contributed by atoms with Crippen molar-refractivity contribution in [3.8, 4) is 5.69 Å². The average Bonchev–Trinajstić information content (AvgIpc) is 2.97. The van der Waals surface area contributed by atoms with Crippen LogP contribution in [-0.2, 0) is 11.0 Å². The fourth-order valence-electron chi connectivity index (χ4n) is 2.22. The number of amides is 1. The van der Waals surface area contributed by atoms with Crippen LogP contribution < -0.4 is 0 Å². The van der Waals surface area contributed by atoms with Gasteiger partial charge in [-0.1, -0.05) is 11.6 Å². The zero-order chi connectivity index (χ0) is 18.8. The molecule has 25 heavy (non-hydrogen) atoms. The standard InChI is InChI=1S/C15H13ClF3N3O3/c1-2-21(8-12(23)24)14(25)11-7-20-22(13(11)15(17,18)19)10-5-3-9(16)4-6-10/h3-7H,2,8H2,1H3,(H,23,24). The van der Waals surface area contributed by atoms with E-state index in [1.54, 1.807) is 0 Å². The van der Waals surface area contributed by atoms with Gasteiger partial charge in [0.15, 0.2) is 5.69 Å². The van der Waals surface area contributed by atoms with E-state index in [2.05, 4.69) is 5.10 Å². The predicted molar refractivity (Wildman–Crippen MR) is 82.8 cm³/mol. The second-order valence-corrected chi connectivity index (χ2v) is 5.44. The number of carboxylic acid groups (broad SMARTS) is 1. The molecule has 0 unspecified atom stereocenters. The van der Waals surface area contributed by atoms with Crippen molar-refractivity contribution in [3.05, 3.63) is 46.7 Å². The van der Waals surface area contributed by atoms with Gasteiger partial charge in [0.25, 0.3) is 5.91 Å². The van der Waals surface area contributed by atoms with Crippen LogP contribution in [0.2, 0.25) is 5.02 Å².